The van der Waals surface area contributed by atoms with Crippen molar-refractivity contribution in [3.8, 4) is 0 Å². The van der Waals surface area contributed by atoms with E-state index in [-0.39, 0.29) is 17.4 Å². The average Bonchev–Trinajstić information content (AvgIpc) is 2.59. The van der Waals surface area contributed by atoms with Crippen LogP contribution in [0.15, 0.2) is 0 Å². The molecule has 90 valence electrons. The van der Waals surface area contributed by atoms with Crippen LogP contribution in [0.5, 0.6) is 0 Å². The summed E-state index contributed by atoms with van der Waals surface area (Å²) in [6.07, 6.45) is 0. The SMILES string of the molecule is COCC(C)N(C)c1snc(N)c1C(N)=O. The van der Waals surface area contributed by atoms with Gasteiger partial charge >= 0.3 is 0 Å². The van der Waals surface area contributed by atoms with Gasteiger partial charge in [0.1, 0.15) is 10.6 Å². The monoisotopic (exact) mass is 244 g/mol. The molecule has 0 fully saturated rings. The van der Waals surface area contributed by atoms with Gasteiger partial charge in [0.15, 0.2) is 5.82 Å². The molecular weight excluding hydrogens is 228 g/mol. The van der Waals surface area contributed by atoms with E-state index >= 15 is 0 Å². The summed E-state index contributed by atoms with van der Waals surface area (Å²) in [5.41, 5.74) is 11.1. The molecule has 0 saturated heterocycles. The first-order valence-electron chi connectivity index (χ1n) is 4.75. The Morgan fingerprint density at radius 3 is 2.81 bits per heavy atom. The number of nitrogens with two attached hydrogens (primary N) is 2. The lowest BCUT2D eigenvalue weighted by atomic mass is 10.2. The first-order valence-corrected chi connectivity index (χ1v) is 5.53. The first-order chi connectivity index (χ1) is 7.49. The predicted molar refractivity (Wildman–Crippen MR) is 64.8 cm³/mol. The molecule has 0 radical (unpaired) electrons. The van der Waals surface area contributed by atoms with Crippen LogP contribution in [-0.2, 0) is 4.74 Å². The third kappa shape index (κ3) is 2.42. The normalized spacial score (nSPS) is 12.4. The van der Waals surface area contributed by atoms with E-state index in [0.717, 1.165) is 11.5 Å². The Morgan fingerprint density at radius 2 is 2.31 bits per heavy atom. The van der Waals surface area contributed by atoms with E-state index in [0.29, 0.717) is 11.6 Å². The number of anilines is 2. The molecule has 6 nitrogen and oxygen atoms in total. The highest BCUT2D eigenvalue weighted by Gasteiger charge is 2.22. The van der Waals surface area contributed by atoms with Gasteiger partial charge in [0.05, 0.1) is 12.6 Å². The smallest absolute Gasteiger partial charge is 0.255 e. The van der Waals surface area contributed by atoms with Crippen LogP contribution in [0.25, 0.3) is 0 Å². The Balaban J connectivity index is 2.99. The molecule has 0 spiro atoms. The molecule has 0 saturated carbocycles. The van der Waals surface area contributed by atoms with Gasteiger partial charge in [-0.2, -0.15) is 4.37 Å². The number of amides is 1. The summed E-state index contributed by atoms with van der Waals surface area (Å²) in [6, 6.07) is 0.114. The van der Waals surface area contributed by atoms with E-state index in [4.69, 9.17) is 16.2 Å². The van der Waals surface area contributed by atoms with E-state index in [2.05, 4.69) is 4.37 Å². The molecule has 1 amide bonds. The van der Waals surface area contributed by atoms with Crippen LogP contribution in [0.4, 0.5) is 10.8 Å². The van der Waals surface area contributed by atoms with Crippen LogP contribution in [0.1, 0.15) is 17.3 Å². The largest absolute Gasteiger partial charge is 0.383 e. The van der Waals surface area contributed by atoms with Crippen molar-refractivity contribution in [2.24, 2.45) is 5.73 Å². The number of ether oxygens (including phenoxy) is 1. The maximum Gasteiger partial charge on any atom is 0.255 e. The van der Waals surface area contributed by atoms with Crippen LogP contribution in [0, 0.1) is 0 Å². The molecule has 1 heterocycles. The standard InChI is InChI=1S/C9H16N4O2S/c1-5(4-15-3)13(2)9-6(8(11)14)7(10)12-16-9/h5H,4H2,1-3H3,(H2,10,12)(H2,11,14). The molecule has 0 aromatic carbocycles. The van der Waals surface area contributed by atoms with E-state index in [1.165, 1.54) is 0 Å². The van der Waals surface area contributed by atoms with Gasteiger partial charge in [0.25, 0.3) is 5.91 Å². The predicted octanol–water partition coefficient (Wildman–Crippen LogP) is 0.295. The highest BCUT2D eigenvalue weighted by Crippen LogP contribution is 2.30. The molecule has 16 heavy (non-hydrogen) atoms. The second-order valence-corrected chi connectivity index (χ2v) is 4.28. The first kappa shape index (κ1) is 12.7. The van der Waals surface area contributed by atoms with E-state index < -0.39 is 5.91 Å². The molecular formula is C9H16N4O2S. The molecule has 0 aliphatic rings. The van der Waals surface area contributed by atoms with Crippen LogP contribution in [-0.4, -0.2) is 37.1 Å². The molecule has 1 unspecified atom stereocenters. The van der Waals surface area contributed by atoms with Gasteiger partial charge in [-0.1, -0.05) is 0 Å². The number of hydrogen-bond acceptors (Lipinski definition) is 6. The third-order valence-electron chi connectivity index (χ3n) is 2.34. The maximum absolute atomic E-state index is 11.2. The lowest BCUT2D eigenvalue weighted by Crippen LogP contribution is -2.33. The number of carbonyl (C=O) groups is 1. The second-order valence-electron chi connectivity index (χ2n) is 3.53. The molecule has 0 bridgehead atoms. The van der Waals surface area contributed by atoms with Gasteiger partial charge in [-0.15, -0.1) is 0 Å². The van der Waals surface area contributed by atoms with E-state index in [1.54, 1.807) is 7.11 Å². The quantitative estimate of drug-likeness (QED) is 0.776. The number of hydrogen-bond donors (Lipinski definition) is 2. The fourth-order valence-corrected chi connectivity index (χ4v) is 2.20. The van der Waals surface area contributed by atoms with Crippen LogP contribution >= 0.6 is 11.5 Å². The van der Waals surface area contributed by atoms with Crippen molar-refractivity contribution in [1.29, 1.82) is 0 Å². The Morgan fingerprint density at radius 1 is 1.69 bits per heavy atom. The Bertz CT molecular complexity index is 380. The molecule has 0 aliphatic heterocycles. The number of nitrogen functional groups attached to an aromatic ring is 1. The Hall–Kier alpha value is -1.34. The van der Waals surface area contributed by atoms with Crippen LogP contribution in [0.3, 0.4) is 0 Å². The van der Waals surface area contributed by atoms with Crippen molar-refractivity contribution in [2.75, 3.05) is 31.4 Å². The Labute approximate surface area is 98.3 Å². The summed E-state index contributed by atoms with van der Waals surface area (Å²) in [7, 11) is 3.48. The number of rotatable bonds is 5. The fraction of sp³-hybridized carbons (Fsp3) is 0.556. The number of primary amides is 1. The van der Waals surface area contributed by atoms with Gasteiger partial charge in [-0.25, -0.2) is 0 Å². The van der Waals surface area contributed by atoms with Gasteiger partial charge in [0, 0.05) is 14.2 Å². The maximum atomic E-state index is 11.2. The summed E-state index contributed by atoms with van der Waals surface area (Å²) >= 11 is 1.16. The molecule has 1 aromatic heterocycles. The van der Waals surface area contributed by atoms with Gasteiger partial charge < -0.3 is 21.1 Å². The van der Waals surface area contributed by atoms with Gasteiger partial charge in [0.2, 0.25) is 0 Å². The van der Waals surface area contributed by atoms with Crippen molar-refractivity contribution in [3.05, 3.63) is 5.56 Å². The summed E-state index contributed by atoms with van der Waals surface area (Å²) in [6.45, 7) is 2.52. The highest BCUT2D eigenvalue weighted by atomic mass is 32.1. The molecule has 7 heteroatoms. The number of nitrogens with zero attached hydrogens (tertiary/aromatic N) is 2. The van der Waals surface area contributed by atoms with Crippen molar-refractivity contribution < 1.29 is 9.53 Å². The zero-order valence-corrected chi connectivity index (χ0v) is 10.4. The lowest BCUT2D eigenvalue weighted by molar-refractivity contribution is 0.100. The number of carbonyl (C=O) groups excluding carboxylic acids is 1. The average molecular weight is 244 g/mol. The van der Waals surface area contributed by atoms with Gasteiger partial charge in [-0.05, 0) is 18.5 Å². The van der Waals surface area contributed by atoms with Crippen molar-refractivity contribution in [1.82, 2.24) is 4.37 Å². The van der Waals surface area contributed by atoms with E-state index in [9.17, 15) is 4.79 Å². The fourth-order valence-electron chi connectivity index (χ4n) is 1.32. The highest BCUT2D eigenvalue weighted by molar-refractivity contribution is 7.11. The minimum Gasteiger partial charge on any atom is -0.383 e. The number of methoxy groups -OCH3 is 1. The number of likely N-dealkylation sites (N-methyl/N-ethyl adjacent to an activating group) is 1. The van der Waals surface area contributed by atoms with E-state index in [1.807, 2.05) is 18.9 Å². The molecule has 4 N–H and O–H groups in total. The van der Waals surface area contributed by atoms with Crippen molar-refractivity contribution in [2.45, 2.75) is 13.0 Å². The topological polar surface area (TPSA) is 94.5 Å². The number of aromatic nitrogens is 1. The zero-order chi connectivity index (χ0) is 12.3. The molecule has 1 aromatic rings. The molecule has 1 rings (SSSR count). The van der Waals surface area contributed by atoms with Crippen LogP contribution < -0.4 is 16.4 Å². The third-order valence-corrected chi connectivity index (χ3v) is 3.29. The summed E-state index contributed by atoms with van der Waals surface area (Å²) < 4.78 is 8.99. The minimum atomic E-state index is -0.558. The summed E-state index contributed by atoms with van der Waals surface area (Å²) in [5, 5.41) is 0.676. The molecule has 1 atom stereocenters. The molecule has 0 aliphatic carbocycles. The zero-order valence-electron chi connectivity index (χ0n) is 9.56. The second kappa shape index (κ2) is 5.13. The van der Waals surface area contributed by atoms with Crippen molar-refractivity contribution in [3.63, 3.8) is 0 Å². The van der Waals surface area contributed by atoms with Crippen molar-refractivity contribution >= 4 is 28.3 Å². The lowest BCUT2D eigenvalue weighted by Gasteiger charge is -2.25. The summed E-state index contributed by atoms with van der Waals surface area (Å²) in [4.78, 5) is 13.1. The van der Waals surface area contributed by atoms with Crippen LogP contribution in [0.2, 0.25) is 0 Å². The van der Waals surface area contributed by atoms with Gasteiger partial charge in [-0.3, -0.25) is 4.79 Å². The Kier molecular flexibility index (Phi) is 4.08. The minimum absolute atomic E-state index is 0.114. The summed E-state index contributed by atoms with van der Waals surface area (Å²) in [5.74, 6) is -0.373.